The topological polar surface area (TPSA) is 89.0 Å². The van der Waals surface area contributed by atoms with Crippen LogP contribution in [0, 0.1) is 0 Å². The van der Waals surface area contributed by atoms with Gasteiger partial charge in [0.25, 0.3) is 0 Å². The van der Waals surface area contributed by atoms with Crippen LogP contribution in [-0.4, -0.2) is 53.1 Å². The number of carbonyl (C=O) groups is 2. The second-order valence-corrected chi connectivity index (χ2v) is 17.2. The van der Waals surface area contributed by atoms with Crippen molar-refractivity contribution in [1.29, 1.82) is 0 Å². The predicted molar refractivity (Wildman–Crippen MR) is 147 cm³/mol. The molecule has 1 aliphatic rings. The Labute approximate surface area is 222 Å². The highest BCUT2D eigenvalue weighted by Crippen LogP contribution is 2.44. The number of carboxylic acid groups (broad SMARTS) is 1. The fraction of sp³-hybridized carbons (Fsp3) is 0.552. The van der Waals surface area contributed by atoms with Crippen LogP contribution in [0.2, 0.25) is 18.1 Å². The molecule has 1 amide bonds. The van der Waals surface area contributed by atoms with E-state index in [1.165, 1.54) is 0 Å². The lowest BCUT2D eigenvalue weighted by Gasteiger charge is -2.43. The summed E-state index contributed by atoms with van der Waals surface area (Å²) in [6, 6.07) is 10.5. The number of benzene rings is 1. The molecule has 1 aromatic carbocycles. The summed E-state index contributed by atoms with van der Waals surface area (Å²) in [4.78, 5) is 31.2. The molecule has 0 bridgehead atoms. The van der Waals surface area contributed by atoms with Gasteiger partial charge in [-0.25, -0.2) is 9.59 Å². The fourth-order valence-corrected chi connectivity index (χ4v) is 5.75. The van der Waals surface area contributed by atoms with Crippen molar-refractivity contribution >= 4 is 20.4 Å². The standard InChI is InChI=1S/C29H42N2O5Si/c1-28(2,3)35-27(34)31-23(18-20-11-13-21(14-12-20)26(32)33)15-16-24(31)25(22-10-9-17-30-19-22)36-37(7,8)29(4,5)6/h9-14,17,19,23-25H,15-16,18H2,1-8H3,(H,32,33). The Hall–Kier alpha value is -2.71. The van der Waals surface area contributed by atoms with E-state index in [2.05, 4.69) is 38.8 Å². The molecule has 7 nitrogen and oxygen atoms in total. The summed E-state index contributed by atoms with van der Waals surface area (Å²) < 4.78 is 12.9. The van der Waals surface area contributed by atoms with Crippen LogP contribution in [0.4, 0.5) is 4.79 Å². The first-order valence-electron chi connectivity index (χ1n) is 13.0. The number of rotatable bonds is 7. The third kappa shape index (κ3) is 7.20. The molecule has 1 aliphatic heterocycles. The highest BCUT2D eigenvalue weighted by molar-refractivity contribution is 6.74. The van der Waals surface area contributed by atoms with Gasteiger partial charge in [-0.2, -0.15) is 0 Å². The van der Waals surface area contributed by atoms with Crippen molar-refractivity contribution in [2.45, 2.75) is 103 Å². The van der Waals surface area contributed by atoms with Crippen LogP contribution >= 0.6 is 0 Å². The van der Waals surface area contributed by atoms with E-state index in [0.717, 1.165) is 24.0 Å². The van der Waals surface area contributed by atoms with Crippen LogP contribution in [-0.2, 0) is 15.6 Å². The maximum absolute atomic E-state index is 13.7. The van der Waals surface area contributed by atoms with Gasteiger partial charge in [-0.05, 0) is 87.5 Å². The molecule has 2 aromatic rings. The number of carbonyl (C=O) groups excluding carboxylic acids is 1. The molecule has 1 fully saturated rings. The number of amides is 1. The monoisotopic (exact) mass is 526 g/mol. The number of aromatic nitrogens is 1. The zero-order valence-electron chi connectivity index (χ0n) is 23.4. The molecule has 2 heterocycles. The molecule has 8 heteroatoms. The maximum atomic E-state index is 13.7. The lowest BCUT2D eigenvalue weighted by molar-refractivity contribution is -0.00244. The summed E-state index contributed by atoms with van der Waals surface area (Å²) in [5, 5.41) is 9.25. The quantitative estimate of drug-likeness (QED) is 0.397. The van der Waals surface area contributed by atoms with E-state index in [1.54, 1.807) is 18.3 Å². The first-order chi connectivity index (χ1) is 17.1. The Morgan fingerprint density at radius 1 is 1.08 bits per heavy atom. The van der Waals surface area contributed by atoms with E-state index in [-0.39, 0.29) is 34.9 Å². The molecule has 0 saturated carbocycles. The third-order valence-corrected chi connectivity index (χ3v) is 11.9. The summed E-state index contributed by atoms with van der Waals surface area (Å²) >= 11 is 0. The number of pyridine rings is 1. The summed E-state index contributed by atoms with van der Waals surface area (Å²) in [5.74, 6) is -0.954. The first-order valence-corrected chi connectivity index (χ1v) is 15.9. The van der Waals surface area contributed by atoms with Crippen molar-refractivity contribution in [3.05, 3.63) is 65.5 Å². The Morgan fingerprint density at radius 3 is 2.24 bits per heavy atom. The lowest BCUT2D eigenvalue weighted by atomic mass is 10.0. The number of ether oxygens (including phenoxy) is 1. The molecule has 3 atom stereocenters. The lowest BCUT2D eigenvalue weighted by Crippen LogP contribution is -2.50. The van der Waals surface area contributed by atoms with E-state index in [9.17, 15) is 14.7 Å². The van der Waals surface area contributed by atoms with Crippen molar-refractivity contribution in [2.75, 3.05) is 0 Å². The van der Waals surface area contributed by atoms with Crippen molar-refractivity contribution in [1.82, 2.24) is 9.88 Å². The fourth-order valence-electron chi connectivity index (χ4n) is 4.47. The number of hydrogen-bond donors (Lipinski definition) is 1. The van der Waals surface area contributed by atoms with E-state index in [0.29, 0.717) is 6.42 Å². The van der Waals surface area contributed by atoms with Gasteiger partial charge in [0.15, 0.2) is 8.32 Å². The summed E-state index contributed by atoms with van der Waals surface area (Å²) in [6.07, 6.45) is 5.07. The van der Waals surface area contributed by atoms with Gasteiger partial charge >= 0.3 is 12.1 Å². The first kappa shape index (κ1) is 28.9. The molecule has 37 heavy (non-hydrogen) atoms. The molecule has 0 radical (unpaired) electrons. The zero-order valence-corrected chi connectivity index (χ0v) is 24.4. The van der Waals surface area contributed by atoms with Crippen LogP contribution in [0.15, 0.2) is 48.8 Å². The van der Waals surface area contributed by atoms with E-state index >= 15 is 0 Å². The van der Waals surface area contributed by atoms with Crippen LogP contribution in [0.5, 0.6) is 0 Å². The minimum atomic E-state index is -2.20. The molecular weight excluding hydrogens is 484 g/mol. The van der Waals surface area contributed by atoms with Crippen LogP contribution in [0.1, 0.15) is 82.0 Å². The number of likely N-dealkylation sites (tertiary alicyclic amines) is 1. The van der Waals surface area contributed by atoms with E-state index in [4.69, 9.17) is 9.16 Å². The Kier molecular flexibility index (Phi) is 8.54. The number of carboxylic acids is 1. The molecule has 0 aliphatic carbocycles. The molecule has 1 N–H and O–H groups in total. The van der Waals surface area contributed by atoms with Gasteiger partial charge in [-0.3, -0.25) is 9.88 Å². The zero-order chi connectivity index (χ0) is 27.6. The number of hydrogen-bond acceptors (Lipinski definition) is 5. The highest BCUT2D eigenvalue weighted by Gasteiger charge is 2.47. The van der Waals surface area contributed by atoms with Gasteiger partial charge in [0.05, 0.1) is 17.7 Å². The van der Waals surface area contributed by atoms with Gasteiger partial charge in [0.2, 0.25) is 0 Å². The molecule has 3 rings (SSSR count). The minimum absolute atomic E-state index is 0.00585. The molecule has 0 spiro atoms. The van der Waals surface area contributed by atoms with E-state index < -0.39 is 19.9 Å². The summed E-state index contributed by atoms with van der Waals surface area (Å²) in [7, 11) is -2.20. The normalized spacial score (nSPS) is 19.5. The Morgan fingerprint density at radius 2 is 1.73 bits per heavy atom. The Balaban J connectivity index is 1.99. The third-order valence-electron chi connectivity index (χ3n) is 7.41. The largest absolute Gasteiger partial charge is 0.478 e. The summed E-state index contributed by atoms with van der Waals surface area (Å²) in [6.45, 7) is 16.7. The molecule has 1 saturated heterocycles. The van der Waals surface area contributed by atoms with Crippen LogP contribution < -0.4 is 0 Å². The van der Waals surface area contributed by atoms with Gasteiger partial charge in [0, 0.05) is 18.4 Å². The summed E-state index contributed by atoms with van der Waals surface area (Å²) in [5.41, 5.74) is 1.54. The van der Waals surface area contributed by atoms with Crippen molar-refractivity contribution in [3.63, 3.8) is 0 Å². The average molecular weight is 527 g/mol. The molecular formula is C29H42N2O5Si. The molecule has 202 valence electrons. The smallest absolute Gasteiger partial charge is 0.410 e. The van der Waals surface area contributed by atoms with Gasteiger partial charge in [0.1, 0.15) is 5.60 Å². The Bertz CT molecular complexity index is 1070. The van der Waals surface area contributed by atoms with Crippen molar-refractivity contribution < 1.29 is 23.9 Å². The second kappa shape index (κ2) is 11.0. The maximum Gasteiger partial charge on any atom is 0.410 e. The van der Waals surface area contributed by atoms with E-state index in [1.807, 2.05) is 56.1 Å². The van der Waals surface area contributed by atoms with Crippen molar-refractivity contribution in [3.8, 4) is 0 Å². The molecule has 1 aromatic heterocycles. The average Bonchev–Trinajstić information content (AvgIpc) is 3.20. The van der Waals surface area contributed by atoms with Gasteiger partial charge in [-0.15, -0.1) is 0 Å². The molecule has 3 unspecified atom stereocenters. The minimum Gasteiger partial charge on any atom is -0.478 e. The van der Waals surface area contributed by atoms with Gasteiger partial charge < -0.3 is 14.3 Å². The number of nitrogens with zero attached hydrogens (tertiary/aromatic N) is 2. The van der Waals surface area contributed by atoms with Crippen LogP contribution in [0.25, 0.3) is 0 Å². The predicted octanol–water partition coefficient (Wildman–Crippen LogP) is 6.85. The number of aromatic carboxylic acids is 1. The van der Waals surface area contributed by atoms with Crippen LogP contribution in [0.3, 0.4) is 0 Å². The highest BCUT2D eigenvalue weighted by atomic mass is 28.4. The second-order valence-electron chi connectivity index (χ2n) is 12.5. The van der Waals surface area contributed by atoms with Gasteiger partial charge in [-0.1, -0.05) is 39.0 Å². The van der Waals surface area contributed by atoms with Crippen molar-refractivity contribution in [2.24, 2.45) is 0 Å². The SMILES string of the molecule is CC(C)(C)OC(=O)N1C(Cc2ccc(C(=O)O)cc2)CCC1C(O[Si](C)(C)C(C)(C)C)c1cccnc1.